The quantitative estimate of drug-likeness (QED) is 0.785. The number of nitrogens with one attached hydrogen (secondary N) is 2. The van der Waals surface area contributed by atoms with Crippen LogP contribution < -0.4 is 10.6 Å². The molecule has 108 valence electrons. The Labute approximate surface area is 130 Å². The van der Waals surface area contributed by atoms with Crippen molar-refractivity contribution in [3.8, 4) is 0 Å². The Morgan fingerprint density at radius 3 is 1.90 bits per heavy atom. The van der Waals surface area contributed by atoms with E-state index in [-0.39, 0.29) is 5.56 Å². The Morgan fingerprint density at radius 1 is 0.857 bits per heavy atom. The molecule has 0 saturated carbocycles. The molecule has 21 heavy (non-hydrogen) atoms. The average Bonchev–Trinajstić information content (AvgIpc) is 2.37. The molecule has 0 bridgehead atoms. The molecule has 2 amide bonds. The SMILES string of the molecule is O=C(Nc1ccc(C(=O)O)cc1)Nc1cc(Cl)cc(Cl)c1. The number of carbonyl (C=O) groups is 2. The van der Waals surface area contributed by atoms with Crippen LogP contribution in [0.15, 0.2) is 42.5 Å². The Balaban J connectivity index is 2.02. The molecule has 0 radical (unpaired) electrons. The number of rotatable bonds is 3. The number of hydrogen-bond donors (Lipinski definition) is 3. The summed E-state index contributed by atoms with van der Waals surface area (Å²) < 4.78 is 0. The third kappa shape index (κ3) is 4.37. The normalized spacial score (nSPS) is 10.0. The zero-order chi connectivity index (χ0) is 15.4. The first-order chi connectivity index (χ1) is 9.94. The Kier molecular flexibility index (Phi) is 4.67. The van der Waals surface area contributed by atoms with Crippen molar-refractivity contribution in [2.75, 3.05) is 10.6 Å². The second kappa shape index (κ2) is 6.47. The van der Waals surface area contributed by atoms with Gasteiger partial charge in [0.05, 0.1) is 5.56 Å². The van der Waals surface area contributed by atoms with Crippen LogP contribution in [-0.2, 0) is 0 Å². The first-order valence-corrected chi connectivity index (χ1v) is 6.57. The Hall–Kier alpha value is -2.24. The number of aromatic carboxylic acids is 1. The van der Waals surface area contributed by atoms with Gasteiger partial charge in [0.25, 0.3) is 0 Å². The summed E-state index contributed by atoms with van der Waals surface area (Å²) in [6.45, 7) is 0. The topological polar surface area (TPSA) is 78.4 Å². The number of hydrogen-bond acceptors (Lipinski definition) is 2. The molecule has 0 aromatic heterocycles. The van der Waals surface area contributed by atoms with Gasteiger partial charge in [-0.15, -0.1) is 0 Å². The second-order valence-electron chi connectivity index (χ2n) is 4.12. The van der Waals surface area contributed by atoms with Crippen LogP contribution in [0.5, 0.6) is 0 Å². The smallest absolute Gasteiger partial charge is 0.335 e. The fourth-order valence-electron chi connectivity index (χ4n) is 1.62. The molecular weight excluding hydrogens is 315 g/mol. The van der Waals surface area contributed by atoms with Crippen LogP contribution >= 0.6 is 23.2 Å². The van der Waals surface area contributed by atoms with Crippen molar-refractivity contribution in [3.05, 3.63) is 58.1 Å². The van der Waals surface area contributed by atoms with E-state index in [1.165, 1.54) is 24.3 Å². The highest BCUT2D eigenvalue weighted by molar-refractivity contribution is 6.35. The van der Waals surface area contributed by atoms with E-state index in [4.69, 9.17) is 28.3 Å². The molecule has 0 unspecified atom stereocenters. The molecule has 0 aliphatic heterocycles. The monoisotopic (exact) mass is 324 g/mol. The third-order valence-electron chi connectivity index (χ3n) is 2.51. The van der Waals surface area contributed by atoms with Crippen LogP contribution in [0.3, 0.4) is 0 Å². The number of halogens is 2. The molecule has 2 aromatic carbocycles. The van der Waals surface area contributed by atoms with Gasteiger partial charge in [-0.2, -0.15) is 0 Å². The van der Waals surface area contributed by atoms with E-state index in [0.29, 0.717) is 21.4 Å². The molecule has 0 fully saturated rings. The maximum Gasteiger partial charge on any atom is 0.335 e. The van der Waals surface area contributed by atoms with E-state index in [0.717, 1.165) is 0 Å². The van der Waals surface area contributed by atoms with E-state index in [9.17, 15) is 9.59 Å². The molecule has 0 aliphatic rings. The zero-order valence-corrected chi connectivity index (χ0v) is 12.1. The first kappa shape index (κ1) is 15.2. The van der Waals surface area contributed by atoms with Gasteiger partial charge in [-0.25, -0.2) is 9.59 Å². The van der Waals surface area contributed by atoms with Crippen LogP contribution in [0.2, 0.25) is 10.0 Å². The van der Waals surface area contributed by atoms with E-state index in [2.05, 4.69) is 10.6 Å². The molecular formula is C14H10Cl2N2O3. The standard InChI is InChI=1S/C14H10Cl2N2O3/c15-9-5-10(16)7-12(6-9)18-14(21)17-11-3-1-8(2-4-11)13(19)20/h1-7H,(H,19,20)(H2,17,18,21). The van der Waals surface area contributed by atoms with Gasteiger partial charge in [0.15, 0.2) is 0 Å². The van der Waals surface area contributed by atoms with Crippen LogP contribution in [0, 0.1) is 0 Å². The number of amides is 2. The lowest BCUT2D eigenvalue weighted by Crippen LogP contribution is -2.19. The summed E-state index contributed by atoms with van der Waals surface area (Å²) in [7, 11) is 0. The maximum absolute atomic E-state index is 11.8. The number of anilines is 2. The molecule has 3 N–H and O–H groups in total. The highest BCUT2D eigenvalue weighted by Gasteiger charge is 2.06. The summed E-state index contributed by atoms with van der Waals surface area (Å²) in [5.74, 6) is -1.03. The van der Waals surface area contributed by atoms with Crippen LogP contribution in [0.4, 0.5) is 16.2 Å². The lowest BCUT2D eigenvalue weighted by atomic mass is 10.2. The molecule has 0 saturated heterocycles. The lowest BCUT2D eigenvalue weighted by molar-refractivity contribution is 0.0697. The summed E-state index contributed by atoms with van der Waals surface area (Å²) in [6, 6.07) is 9.96. The van der Waals surface area contributed by atoms with Crippen molar-refractivity contribution in [2.24, 2.45) is 0 Å². The van der Waals surface area contributed by atoms with Gasteiger partial charge in [-0.3, -0.25) is 0 Å². The Bertz CT molecular complexity index is 667. The van der Waals surface area contributed by atoms with E-state index in [1.807, 2.05) is 0 Å². The predicted molar refractivity (Wildman–Crippen MR) is 82.5 cm³/mol. The predicted octanol–water partition coefficient (Wildman–Crippen LogP) is 4.34. The van der Waals surface area contributed by atoms with E-state index in [1.54, 1.807) is 18.2 Å². The summed E-state index contributed by atoms with van der Waals surface area (Å²) in [5, 5.41) is 14.7. The fraction of sp³-hybridized carbons (Fsp3) is 0. The van der Waals surface area contributed by atoms with Crippen LogP contribution in [0.1, 0.15) is 10.4 Å². The largest absolute Gasteiger partial charge is 0.478 e. The van der Waals surface area contributed by atoms with Crippen molar-refractivity contribution in [3.63, 3.8) is 0 Å². The minimum absolute atomic E-state index is 0.141. The van der Waals surface area contributed by atoms with Crippen molar-refractivity contribution in [2.45, 2.75) is 0 Å². The van der Waals surface area contributed by atoms with E-state index < -0.39 is 12.0 Å². The average molecular weight is 325 g/mol. The first-order valence-electron chi connectivity index (χ1n) is 5.81. The molecule has 5 nitrogen and oxygen atoms in total. The summed E-state index contributed by atoms with van der Waals surface area (Å²) in [4.78, 5) is 22.5. The number of urea groups is 1. The highest BCUT2D eigenvalue weighted by Crippen LogP contribution is 2.22. The molecule has 2 rings (SSSR count). The number of benzene rings is 2. The minimum atomic E-state index is -1.03. The van der Waals surface area contributed by atoms with Gasteiger partial charge < -0.3 is 15.7 Å². The van der Waals surface area contributed by atoms with Crippen molar-refractivity contribution < 1.29 is 14.7 Å². The Morgan fingerprint density at radius 2 is 1.38 bits per heavy atom. The summed E-state index contributed by atoms with van der Waals surface area (Å²) in [6.07, 6.45) is 0. The van der Waals surface area contributed by atoms with Gasteiger partial charge in [0.2, 0.25) is 0 Å². The van der Waals surface area contributed by atoms with Gasteiger partial charge >= 0.3 is 12.0 Å². The molecule has 0 spiro atoms. The van der Waals surface area contributed by atoms with Crippen LogP contribution in [-0.4, -0.2) is 17.1 Å². The maximum atomic E-state index is 11.8. The van der Waals surface area contributed by atoms with Crippen molar-refractivity contribution in [1.29, 1.82) is 0 Å². The molecule has 7 heteroatoms. The van der Waals surface area contributed by atoms with Gasteiger partial charge in [0.1, 0.15) is 0 Å². The lowest BCUT2D eigenvalue weighted by Gasteiger charge is -2.08. The van der Waals surface area contributed by atoms with Gasteiger partial charge in [-0.1, -0.05) is 23.2 Å². The summed E-state index contributed by atoms with van der Waals surface area (Å²) in [5.41, 5.74) is 1.06. The zero-order valence-electron chi connectivity index (χ0n) is 10.6. The molecule has 0 heterocycles. The summed E-state index contributed by atoms with van der Waals surface area (Å²) >= 11 is 11.7. The molecule has 0 atom stereocenters. The fourth-order valence-corrected chi connectivity index (χ4v) is 2.14. The molecule has 0 aliphatic carbocycles. The van der Waals surface area contributed by atoms with Crippen LogP contribution in [0.25, 0.3) is 0 Å². The highest BCUT2D eigenvalue weighted by atomic mass is 35.5. The second-order valence-corrected chi connectivity index (χ2v) is 4.99. The minimum Gasteiger partial charge on any atom is -0.478 e. The van der Waals surface area contributed by atoms with Crippen molar-refractivity contribution >= 4 is 46.6 Å². The van der Waals surface area contributed by atoms with Gasteiger partial charge in [0, 0.05) is 21.4 Å². The number of carboxylic acid groups (broad SMARTS) is 1. The molecule has 2 aromatic rings. The number of carboxylic acids is 1. The van der Waals surface area contributed by atoms with Gasteiger partial charge in [-0.05, 0) is 42.5 Å². The number of carbonyl (C=O) groups excluding carboxylic acids is 1. The third-order valence-corrected chi connectivity index (χ3v) is 2.95. The van der Waals surface area contributed by atoms with E-state index >= 15 is 0 Å². The van der Waals surface area contributed by atoms with Crippen molar-refractivity contribution in [1.82, 2.24) is 0 Å².